The van der Waals surface area contributed by atoms with Crippen LogP contribution in [0.2, 0.25) is 0 Å². The van der Waals surface area contributed by atoms with E-state index in [1.54, 1.807) is 0 Å². The van der Waals surface area contributed by atoms with E-state index in [1.807, 2.05) is 44.2 Å². The fourth-order valence-electron chi connectivity index (χ4n) is 2.24. The second-order valence-corrected chi connectivity index (χ2v) is 5.67. The number of oxime groups is 1. The summed E-state index contributed by atoms with van der Waals surface area (Å²) in [5.74, 6) is -2.49. The van der Waals surface area contributed by atoms with E-state index in [1.165, 1.54) is 0 Å². The summed E-state index contributed by atoms with van der Waals surface area (Å²) in [5, 5.41) is 3.87. The van der Waals surface area contributed by atoms with Gasteiger partial charge in [0, 0.05) is 12.3 Å². The minimum Gasteiger partial charge on any atom is -0.453 e. The summed E-state index contributed by atoms with van der Waals surface area (Å²) < 4.78 is 40.9. The number of halogens is 3. The molecule has 0 fully saturated rings. The fourth-order valence-corrected chi connectivity index (χ4v) is 2.24. The summed E-state index contributed by atoms with van der Waals surface area (Å²) in [4.78, 5) is 16.1. The third-order valence-corrected chi connectivity index (χ3v) is 3.29. The smallest absolute Gasteiger partial charge is 0.453 e. The van der Waals surface area contributed by atoms with Crippen molar-refractivity contribution in [2.45, 2.75) is 38.0 Å². The van der Waals surface area contributed by atoms with Crippen molar-refractivity contribution >= 4 is 11.7 Å². The summed E-state index contributed by atoms with van der Waals surface area (Å²) in [6, 6.07) is 9.21. The molecule has 0 amide bonds. The number of nitrogens with zero attached hydrogens (tertiary/aromatic N) is 1. The largest absolute Gasteiger partial charge is 0.490 e. The Morgan fingerprint density at radius 3 is 2.59 bits per heavy atom. The maximum atomic E-state index is 12.2. The van der Waals surface area contributed by atoms with Gasteiger partial charge in [-0.3, -0.25) is 0 Å². The van der Waals surface area contributed by atoms with Crippen LogP contribution in [0, 0.1) is 0 Å². The van der Waals surface area contributed by atoms with Crippen molar-refractivity contribution in [1.82, 2.24) is 0 Å². The van der Waals surface area contributed by atoms with E-state index < -0.39 is 24.4 Å². The number of benzene rings is 1. The molecule has 0 N–H and O–H groups in total. The molecule has 0 saturated heterocycles. The van der Waals surface area contributed by atoms with Crippen LogP contribution in [-0.4, -0.2) is 30.1 Å². The lowest BCUT2D eigenvalue weighted by molar-refractivity contribution is -0.198. The molecule has 0 radical (unpaired) electrons. The van der Waals surface area contributed by atoms with Gasteiger partial charge in [-0.15, -0.1) is 0 Å². The minimum absolute atomic E-state index is 0.258. The molecule has 22 heavy (non-hydrogen) atoms. The van der Waals surface area contributed by atoms with Crippen molar-refractivity contribution in [3.05, 3.63) is 35.9 Å². The second kappa shape index (κ2) is 5.98. The summed E-state index contributed by atoms with van der Waals surface area (Å²) in [6.07, 6.45) is -4.49. The highest BCUT2D eigenvalue weighted by Crippen LogP contribution is 2.34. The van der Waals surface area contributed by atoms with Crippen molar-refractivity contribution in [1.29, 1.82) is 0 Å². The first-order chi connectivity index (χ1) is 10.2. The van der Waals surface area contributed by atoms with Gasteiger partial charge in [-0.1, -0.05) is 35.5 Å². The van der Waals surface area contributed by atoms with Crippen LogP contribution < -0.4 is 0 Å². The molecule has 1 atom stereocenters. The number of hydrogen-bond acceptors (Lipinski definition) is 4. The van der Waals surface area contributed by atoms with Crippen molar-refractivity contribution in [3.8, 4) is 0 Å². The number of rotatable bonds is 3. The van der Waals surface area contributed by atoms with E-state index in [0.717, 1.165) is 5.56 Å². The number of alkyl halides is 3. The zero-order valence-corrected chi connectivity index (χ0v) is 12.2. The van der Waals surface area contributed by atoms with E-state index >= 15 is 0 Å². The summed E-state index contributed by atoms with van der Waals surface area (Å²) in [5.41, 5.74) is 0.613. The summed E-state index contributed by atoms with van der Waals surface area (Å²) in [6.45, 7) is 3.13. The lowest BCUT2D eigenvalue weighted by Gasteiger charge is -2.33. The minimum atomic E-state index is -5.02. The number of esters is 1. The average Bonchev–Trinajstić information content (AvgIpc) is 2.45. The molecule has 120 valence electrons. The van der Waals surface area contributed by atoms with Crippen molar-refractivity contribution in [2.75, 3.05) is 6.61 Å². The molecule has 0 aromatic heterocycles. The molecule has 0 saturated carbocycles. The molecule has 1 heterocycles. The van der Waals surface area contributed by atoms with Gasteiger partial charge in [0.1, 0.15) is 17.9 Å². The summed E-state index contributed by atoms with van der Waals surface area (Å²) in [7, 11) is 0. The van der Waals surface area contributed by atoms with Crippen molar-refractivity contribution in [2.24, 2.45) is 5.16 Å². The van der Waals surface area contributed by atoms with Crippen LogP contribution in [0.3, 0.4) is 0 Å². The van der Waals surface area contributed by atoms with Gasteiger partial charge in [-0.2, -0.15) is 13.2 Å². The first-order valence-corrected chi connectivity index (χ1v) is 6.73. The van der Waals surface area contributed by atoms with Crippen molar-refractivity contribution < 1.29 is 27.5 Å². The van der Waals surface area contributed by atoms with Crippen LogP contribution in [0.5, 0.6) is 0 Å². The van der Waals surface area contributed by atoms with Gasteiger partial charge in [0.15, 0.2) is 0 Å². The molecule has 1 aliphatic heterocycles. The van der Waals surface area contributed by atoms with Crippen LogP contribution in [-0.2, 0) is 14.4 Å². The number of carbonyl (C=O) groups is 1. The molecule has 0 bridgehead atoms. The molecular formula is C15H16F3NO3. The van der Waals surface area contributed by atoms with Gasteiger partial charge < -0.3 is 9.57 Å². The van der Waals surface area contributed by atoms with Crippen LogP contribution in [0.4, 0.5) is 13.2 Å². The highest BCUT2D eigenvalue weighted by molar-refractivity contribution is 5.93. The van der Waals surface area contributed by atoms with E-state index in [9.17, 15) is 18.0 Å². The van der Waals surface area contributed by atoms with Gasteiger partial charge in [0.25, 0.3) is 0 Å². The molecule has 0 aliphatic carbocycles. The highest BCUT2D eigenvalue weighted by atomic mass is 19.4. The molecule has 7 heteroatoms. The SMILES string of the molecule is CC1(C)CC(c2ccccc2)C(COC(=O)C(F)(F)F)=NO1. The maximum absolute atomic E-state index is 12.2. The lowest BCUT2D eigenvalue weighted by atomic mass is 9.84. The molecular weight excluding hydrogens is 299 g/mol. The average molecular weight is 315 g/mol. The standard InChI is InChI=1S/C15H16F3NO3/c1-14(2)8-11(10-6-4-3-5-7-10)12(19-22-14)9-21-13(20)15(16,17)18/h3-7,11H,8-9H2,1-2H3. The Balaban J connectivity index is 2.16. The molecule has 1 aromatic rings. The molecule has 1 aromatic carbocycles. The van der Waals surface area contributed by atoms with Crippen LogP contribution in [0.15, 0.2) is 35.5 Å². The van der Waals surface area contributed by atoms with Gasteiger partial charge in [-0.05, 0) is 19.4 Å². The van der Waals surface area contributed by atoms with Crippen LogP contribution in [0.25, 0.3) is 0 Å². The third-order valence-electron chi connectivity index (χ3n) is 3.29. The van der Waals surface area contributed by atoms with Crippen LogP contribution in [0.1, 0.15) is 31.7 Å². The zero-order chi connectivity index (χ0) is 16.4. The topological polar surface area (TPSA) is 47.9 Å². The van der Waals surface area contributed by atoms with Gasteiger partial charge in [-0.25, -0.2) is 4.79 Å². The Morgan fingerprint density at radius 2 is 2.00 bits per heavy atom. The molecule has 2 rings (SSSR count). The molecule has 1 unspecified atom stereocenters. The number of carbonyl (C=O) groups excluding carboxylic acids is 1. The molecule has 4 nitrogen and oxygen atoms in total. The lowest BCUT2D eigenvalue weighted by Crippen LogP contribution is -2.37. The highest BCUT2D eigenvalue weighted by Gasteiger charge is 2.42. The number of ether oxygens (including phenoxy) is 1. The van der Waals surface area contributed by atoms with E-state index in [4.69, 9.17) is 4.84 Å². The normalized spacial score (nSPS) is 20.8. The maximum Gasteiger partial charge on any atom is 0.490 e. The molecule has 1 aliphatic rings. The molecule has 0 spiro atoms. The van der Waals surface area contributed by atoms with Gasteiger partial charge >= 0.3 is 12.1 Å². The Hall–Kier alpha value is -2.05. The van der Waals surface area contributed by atoms with Gasteiger partial charge in [0.2, 0.25) is 0 Å². The zero-order valence-electron chi connectivity index (χ0n) is 12.2. The quantitative estimate of drug-likeness (QED) is 0.803. The predicted molar refractivity (Wildman–Crippen MR) is 73.4 cm³/mol. The first kappa shape index (κ1) is 16.3. The van der Waals surface area contributed by atoms with E-state index in [2.05, 4.69) is 9.89 Å². The predicted octanol–water partition coefficient (Wildman–Crippen LogP) is 3.43. The Labute approximate surface area is 125 Å². The van der Waals surface area contributed by atoms with Crippen molar-refractivity contribution in [3.63, 3.8) is 0 Å². The summed E-state index contributed by atoms with van der Waals surface area (Å²) >= 11 is 0. The monoisotopic (exact) mass is 315 g/mol. The Bertz CT molecular complexity index is 567. The first-order valence-electron chi connectivity index (χ1n) is 6.73. The fraction of sp³-hybridized carbons (Fsp3) is 0.467. The third kappa shape index (κ3) is 3.99. The number of hydrogen-bond donors (Lipinski definition) is 0. The Morgan fingerprint density at radius 1 is 1.36 bits per heavy atom. The Kier molecular flexibility index (Phi) is 4.44. The second-order valence-electron chi connectivity index (χ2n) is 5.67. The van der Waals surface area contributed by atoms with Gasteiger partial charge in [0.05, 0.1) is 0 Å². The van der Waals surface area contributed by atoms with Crippen LogP contribution >= 0.6 is 0 Å². The van der Waals surface area contributed by atoms with E-state index in [-0.39, 0.29) is 11.6 Å². The van der Waals surface area contributed by atoms with E-state index in [0.29, 0.717) is 6.42 Å².